The van der Waals surface area contributed by atoms with E-state index < -0.39 is 0 Å². The summed E-state index contributed by atoms with van der Waals surface area (Å²) in [6, 6.07) is 9.50. The van der Waals surface area contributed by atoms with Gasteiger partial charge in [-0.05, 0) is 34.1 Å². The molecule has 0 aliphatic heterocycles. The third-order valence-electron chi connectivity index (χ3n) is 1.79. The summed E-state index contributed by atoms with van der Waals surface area (Å²) in [6.07, 6.45) is 1.74. The van der Waals surface area contributed by atoms with E-state index in [2.05, 4.69) is 27.0 Å². The van der Waals surface area contributed by atoms with Gasteiger partial charge in [-0.1, -0.05) is 13.5 Å². The lowest BCUT2D eigenvalue weighted by molar-refractivity contribution is 1.39. The molecule has 2 aromatic rings. The molecule has 3 heteroatoms. The second-order valence-corrected chi connectivity index (χ2v) is 3.50. The molecule has 70 valence electrons. The molecule has 0 radical (unpaired) electrons. The number of halogens is 1. The fourth-order valence-electron chi connectivity index (χ4n) is 1.21. The van der Waals surface area contributed by atoms with Crippen LogP contribution in [0.5, 0.6) is 0 Å². The molecule has 0 aliphatic rings. The van der Waals surface area contributed by atoms with Gasteiger partial charge in [0.05, 0.1) is 17.1 Å². The maximum atomic E-state index is 8.73. The quantitative estimate of drug-likeness (QED) is 0.716. The van der Waals surface area contributed by atoms with Gasteiger partial charge in [0.15, 0.2) is 0 Å². The van der Waals surface area contributed by atoms with Crippen LogP contribution in [0.25, 0.3) is 10.9 Å². The zero-order valence-corrected chi connectivity index (χ0v) is 8.25. The smallest absolute Gasteiger partial charge is 0.0992 e. The Morgan fingerprint density at radius 2 is 2.14 bits per heavy atom. The van der Waals surface area contributed by atoms with E-state index in [1.807, 2.05) is 18.2 Å². The number of nitriles is 1. The highest BCUT2D eigenvalue weighted by Crippen LogP contribution is 2.23. The van der Waals surface area contributed by atoms with Crippen molar-refractivity contribution in [3.63, 3.8) is 0 Å². The molecule has 1 aromatic heterocycles. The summed E-state index contributed by atoms with van der Waals surface area (Å²) in [5, 5.41) is 9.71. The van der Waals surface area contributed by atoms with Crippen molar-refractivity contribution in [3.8, 4) is 6.07 Å². The van der Waals surface area contributed by atoms with Gasteiger partial charge in [0.2, 0.25) is 0 Å². The first-order chi connectivity index (χ1) is 6.31. The first-order valence-corrected chi connectivity index (χ1v) is 4.55. The molecule has 0 atom stereocenters. The molecule has 1 heterocycles. The lowest BCUT2D eigenvalue weighted by Gasteiger charge is -1.99. The Labute approximate surface area is 91.3 Å². The molecule has 1 aromatic carbocycles. The van der Waals surface area contributed by atoms with Crippen molar-refractivity contribution in [2.24, 2.45) is 0 Å². The van der Waals surface area contributed by atoms with Crippen LogP contribution in [0.4, 0.5) is 0 Å². The first kappa shape index (κ1) is 10.7. The number of pyridine rings is 1. The van der Waals surface area contributed by atoms with Crippen LogP contribution < -0.4 is 0 Å². The Balaban J connectivity index is 0.000000980. The molecule has 0 fully saturated rings. The number of fused-ring (bicyclic) bond motifs is 1. The summed E-state index contributed by atoms with van der Waals surface area (Å²) in [4.78, 5) is 4.20. The molecule has 0 saturated carbocycles. The number of hydrogen-bond donors (Lipinski definition) is 0. The molecular formula is C11H9BrN2. The molecule has 0 unspecified atom stereocenters. The number of nitrogens with zero attached hydrogens (tertiary/aromatic N) is 2. The summed E-state index contributed by atoms with van der Waals surface area (Å²) >= 11 is 3.37. The maximum Gasteiger partial charge on any atom is 0.0992 e. The molecule has 0 N–H and O–H groups in total. The number of rotatable bonds is 0. The zero-order valence-electron chi connectivity index (χ0n) is 6.66. The summed E-state index contributed by atoms with van der Waals surface area (Å²) in [5.74, 6) is 0. The van der Waals surface area contributed by atoms with Gasteiger partial charge in [0, 0.05) is 16.1 Å². The number of benzene rings is 1. The van der Waals surface area contributed by atoms with Gasteiger partial charge in [-0.15, -0.1) is 0 Å². The van der Waals surface area contributed by atoms with Gasteiger partial charge in [-0.2, -0.15) is 5.26 Å². The lowest BCUT2D eigenvalue weighted by atomic mass is 10.1. The fourth-order valence-corrected chi connectivity index (χ4v) is 1.79. The van der Waals surface area contributed by atoms with E-state index >= 15 is 0 Å². The largest absolute Gasteiger partial charge is 0.255 e. The number of hydrogen-bond acceptors (Lipinski definition) is 2. The highest BCUT2D eigenvalue weighted by Gasteiger charge is 2.01. The monoisotopic (exact) mass is 248 g/mol. The van der Waals surface area contributed by atoms with Crippen molar-refractivity contribution in [1.82, 2.24) is 4.98 Å². The van der Waals surface area contributed by atoms with Crippen molar-refractivity contribution >= 4 is 26.8 Å². The van der Waals surface area contributed by atoms with Crippen molar-refractivity contribution in [1.29, 1.82) is 5.26 Å². The normalized spacial score (nSPS) is 9.14. The van der Waals surface area contributed by atoms with Crippen LogP contribution in [0.1, 0.15) is 13.0 Å². The van der Waals surface area contributed by atoms with Crippen LogP contribution in [0.3, 0.4) is 0 Å². The van der Waals surface area contributed by atoms with Gasteiger partial charge in [0.1, 0.15) is 0 Å². The van der Waals surface area contributed by atoms with Crippen LogP contribution in [0.2, 0.25) is 0 Å². The average molecular weight is 249 g/mol. The van der Waals surface area contributed by atoms with E-state index in [1.165, 1.54) is 0 Å². The maximum absolute atomic E-state index is 8.73. The minimum atomic E-state index is 0. The molecular weight excluding hydrogens is 240 g/mol. The SMILES string of the molecule is C.N#Cc1cc(Br)c2ncccc2c1. The van der Waals surface area contributed by atoms with Crippen LogP contribution >= 0.6 is 15.9 Å². The van der Waals surface area contributed by atoms with Crippen LogP contribution in [-0.2, 0) is 0 Å². The highest BCUT2D eigenvalue weighted by molar-refractivity contribution is 9.10. The van der Waals surface area contributed by atoms with Gasteiger partial charge in [-0.3, -0.25) is 4.98 Å². The van der Waals surface area contributed by atoms with Crippen LogP contribution in [-0.4, -0.2) is 4.98 Å². The van der Waals surface area contributed by atoms with Gasteiger partial charge >= 0.3 is 0 Å². The second-order valence-electron chi connectivity index (χ2n) is 2.64. The third kappa shape index (κ3) is 1.75. The molecule has 0 bridgehead atoms. The van der Waals surface area contributed by atoms with Crippen LogP contribution in [0, 0.1) is 11.3 Å². The highest BCUT2D eigenvalue weighted by atomic mass is 79.9. The Morgan fingerprint density at radius 3 is 2.86 bits per heavy atom. The second kappa shape index (κ2) is 4.21. The summed E-state index contributed by atoms with van der Waals surface area (Å²) in [7, 11) is 0. The Bertz CT molecular complexity index is 500. The van der Waals surface area contributed by atoms with E-state index in [0.717, 1.165) is 15.4 Å². The fraction of sp³-hybridized carbons (Fsp3) is 0.0909. The topological polar surface area (TPSA) is 36.7 Å². The lowest BCUT2D eigenvalue weighted by Crippen LogP contribution is -1.81. The minimum Gasteiger partial charge on any atom is -0.255 e. The van der Waals surface area contributed by atoms with Crippen molar-refractivity contribution in [3.05, 3.63) is 40.5 Å². The van der Waals surface area contributed by atoms with Crippen molar-refractivity contribution in [2.75, 3.05) is 0 Å². The van der Waals surface area contributed by atoms with Gasteiger partial charge in [-0.25, -0.2) is 0 Å². The summed E-state index contributed by atoms with van der Waals surface area (Å²) < 4.78 is 0.863. The molecule has 0 saturated heterocycles. The Morgan fingerprint density at radius 1 is 1.36 bits per heavy atom. The van der Waals surface area contributed by atoms with E-state index in [9.17, 15) is 0 Å². The Kier molecular flexibility index (Phi) is 3.21. The van der Waals surface area contributed by atoms with Gasteiger partial charge < -0.3 is 0 Å². The third-order valence-corrected chi connectivity index (χ3v) is 2.39. The van der Waals surface area contributed by atoms with E-state index in [-0.39, 0.29) is 7.43 Å². The molecule has 2 nitrogen and oxygen atoms in total. The standard InChI is InChI=1S/C10H5BrN2.CH4/c11-9-5-7(6-12)4-8-2-1-3-13-10(8)9;/h1-5H;1H4. The summed E-state index contributed by atoms with van der Waals surface area (Å²) in [6.45, 7) is 0. The van der Waals surface area contributed by atoms with Crippen molar-refractivity contribution in [2.45, 2.75) is 7.43 Å². The predicted molar refractivity (Wildman–Crippen MR) is 60.9 cm³/mol. The molecule has 0 spiro atoms. The van der Waals surface area contributed by atoms with E-state index in [1.54, 1.807) is 12.3 Å². The minimum absolute atomic E-state index is 0. The first-order valence-electron chi connectivity index (χ1n) is 3.75. The zero-order chi connectivity index (χ0) is 9.26. The average Bonchev–Trinajstić information content (AvgIpc) is 2.18. The molecule has 14 heavy (non-hydrogen) atoms. The molecule has 0 aliphatic carbocycles. The Hall–Kier alpha value is -1.40. The predicted octanol–water partition coefficient (Wildman–Crippen LogP) is 3.51. The van der Waals surface area contributed by atoms with Crippen molar-refractivity contribution < 1.29 is 0 Å². The number of aromatic nitrogens is 1. The van der Waals surface area contributed by atoms with Gasteiger partial charge in [0.25, 0.3) is 0 Å². The summed E-state index contributed by atoms with van der Waals surface area (Å²) in [5.41, 5.74) is 1.54. The molecule has 2 rings (SSSR count). The molecule has 0 amide bonds. The van der Waals surface area contributed by atoms with Crippen LogP contribution in [0.15, 0.2) is 34.9 Å². The van der Waals surface area contributed by atoms with E-state index in [0.29, 0.717) is 5.56 Å². The van der Waals surface area contributed by atoms with E-state index in [4.69, 9.17) is 5.26 Å².